The molecule has 0 atom stereocenters. The van der Waals surface area contributed by atoms with Crippen LogP contribution in [0.3, 0.4) is 0 Å². The highest BCUT2D eigenvalue weighted by Gasteiger charge is 2.34. The molecular weight excluding hydrogens is 326 g/mol. The van der Waals surface area contributed by atoms with Crippen molar-refractivity contribution in [2.75, 3.05) is 4.72 Å². The lowest BCUT2D eigenvalue weighted by molar-refractivity contribution is -0.424. The van der Waals surface area contributed by atoms with Crippen LogP contribution in [0.15, 0.2) is 47.4 Å². The zero-order chi connectivity index (χ0) is 17.2. The van der Waals surface area contributed by atoms with E-state index in [2.05, 4.69) is 11.6 Å². The van der Waals surface area contributed by atoms with Crippen LogP contribution in [0, 0.1) is 27.2 Å². The highest BCUT2D eigenvalue weighted by atomic mass is 32.2. The van der Waals surface area contributed by atoms with Crippen LogP contribution in [-0.2, 0) is 10.0 Å². The van der Waals surface area contributed by atoms with Crippen molar-refractivity contribution in [3.63, 3.8) is 0 Å². The van der Waals surface area contributed by atoms with Crippen molar-refractivity contribution in [3.05, 3.63) is 75.2 Å². The topological polar surface area (TPSA) is 132 Å². The van der Waals surface area contributed by atoms with Gasteiger partial charge in [-0.1, -0.05) is 24.3 Å². The maximum atomic E-state index is 12.4. The lowest BCUT2D eigenvalue weighted by Gasteiger charge is -2.10. The van der Waals surface area contributed by atoms with E-state index in [0.717, 1.165) is 18.2 Å². The fourth-order valence-electron chi connectivity index (χ4n) is 1.88. The second kappa shape index (κ2) is 6.01. The van der Waals surface area contributed by atoms with E-state index in [1.54, 1.807) is 18.2 Å². The van der Waals surface area contributed by atoms with Crippen LogP contribution in [0.25, 0.3) is 0 Å². The molecule has 0 amide bonds. The molecule has 0 aliphatic carbocycles. The van der Waals surface area contributed by atoms with Gasteiger partial charge in [0.05, 0.1) is 15.5 Å². The number of hydrogen-bond donors (Lipinski definition) is 1. The Morgan fingerprint density at radius 2 is 1.61 bits per heavy atom. The molecule has 0 aromatic heterocycles. The minimum atomic E-state index is -4.40. The van der Waals surface area contributed by atoms with Gasteiger partial charge in [-0.05, 0) is 24.6 Å². The number of para-hydroxylation sites is 2. The average Bonchev–Trinajstić information content (AvgIpc) is 2.48. The highest BCUT2D eigenvalue weighted by Crippen LogP contribution is 2.34. The Bertz CT molecular complexity index is 894. The van der Waals surface area contributed by atoms with Crippen molar-refractivity contribution in [2.24, 2.45) is 0 Å². The molecule has 10 heteroatoms. The Hall–Kier alpha value is -3.01. The third kappa shape index (κ3) is 3.26. The van der Waals surface area contributed by atoms with Crippen molar-refractivity contribution >= 4 is 27.1 Å². The zero-order valence-electron chi connectivity index (χ0n) is 11.5. The largest absolute Gasteiger partial charge is 0.366 e. The van der Waals surface area contributed by atoms with Gasteiger partial charge in [0.2, 0.25) is 0 Å². The molecule has 1 N–H and O–H groups in total. The van der Waals surface area contributed by atoms with Gasteiger partial charge < -0.3 is 0 Å². The predicted octanol–water partition coefficient (Wildman–Crippen LogP) is 2.49. The molecule has 0 saturated heterocycles. The molecule has 23 heavy (non-hydrogen) atoms. The van der Waals surface area contributed by atoms with Gasteiger partial charge in [0, 0.05) is 6.07 Å². The molecule has 0 saturated carbocycles. The molecule has 0 fully saturated rings. The van der Waals surface area contributed by atoms with Gasteiger partial charge in [0.1, 0.15) is 0 Å². The number of nitrogens with one attached hydrogen (secondary N) is 1. The first-order chi connectivity index (χ1) is 10.7. The maximum Gasteiger partial charge on any atom is 0.366 e. The van der Waals surface area contributed by atoms with Crippen LogP contribution in [0.1, 0.15) is 5.56 Å². The molecule has 0 bridgehead atoms. The van der Waals surface area contributed by atoms with E-state index in [9.17, 15) is 28.6 Å². The number of hydrogen-bond acceptors (Lipinski definition) is 6. The lowest BCUT2D eigenvalue weighted by Crippen LogP contribution is -2.16. The minimum Gasteiger partial charge on any atom is -0.279 e. The van der Waals surface area contributed by atoms with Crippen molar-refractivity contribution in [1.29, 1.82) is 0 Å². The van der Waals surface area contributed by atoms with Gasteiger partial charge in [0.25, 0.3) is 10.0 Å². The number of nitro groups is 2. The SMILES string of the molecule is [CH2]c1ccccc1NS(=O)(=O)c1cccc([N+](=O)[O-])c1[N+](=O)[O-]. The van der Waals surface area contributed by atoms with Crippen molar-refractivity contribution in [3.8, 4) is 0 Å². The summed E-state index contributed by atoms with van der Waals surface area (Å²) in [7, 11) is -4.40. The standard InChI is InChI=1S/C13H10N3O6S/c1-9-5-2-3-6-10(9)14-23(21,22)12-8-4-7-11(15(17)18)13(12)16(19)20/h2-8,14H,1H2. The molecule has 0 aliphatic heterocycles. The first kappa shape index (κ1) is 16.4. The van der Waals surface area contributed by atoms with E-state index in [1.165, 1.54) is 6.07 Å². The van der Waals surface area contributed by atoms with Crippen LogP contribution in [0.2, 0.25) is 0 Å². The smallest absolute Gasteiger partial charge is 0.279 e. The van der Waals surface area contributed by atoms with Crippen molar-refractivity contribution in [1.82, 2.24) is 0 Å². The normalized spacial score (nSPS) is 11.0. The summed E-state index contributed by atoms with van der Waals surface area (Å²) in [5.74, 6) is 0. The minimum absolute atomic E-state index is 0.119. The average molecular weight is 336 g/mol. The Balaban J connectivity index is 2.61. The summed E-state index contributed by atoms with van der Waals surface area (Å²) in [6.07, 6.45) is 0. The second-order valence-electron chi connectivity index (χ2n) is 4.40. The van der Waals surface area contributed by atoms with Crippen LogP contribution in [0.5, 0.6) is 0 Å². The number of nitro benzene ring substituents is 2. The van der Waals surface area contributed by atoms with E-state index in [4.69, 9.17) is 0 Å². The van der Waals surface area contributed by atoms with Gasteiger partial charge in [-0.2, -0.15) is 0 Å². The van der Waals surface area contributed by atoms with E-state index < -0.39 is 36.1 Å². The van der Waals surface area contributed by atoms with Crippen molar-refractivity contribution < 1.29 is 18.3 Å². The van der Waals surface area contributed by atoms with E-state index in [-0.39, 0.29) is 5.69 Å². The Kier molecular flexibility index (Phi) is 4.27. The Morgan fingerprint density at radius 1 is 0.957 bits per heavy atom. The molecule has 2 aromatic rings. The molecule has 2 aromatic carbocycles. The third-order valence-electron chi connectivity index (χ3n) is 2.91. The van der Waals surface area contributed by atoms with Gasteiger partial charge in [-0.15, -0.1) is 0 Å². The zero-order valence-corrected chi connectivity index (χ0v) is 12.3. The molecular formula is C13H10N3O6S. The second-order valence-corrected chi connectivity index (χ2v) is 6.05. The van der Waals surface area contributed by atoms with E-state index >= 15 is 0 Å². The number of rotatable bonds is 5. The van der Waals surface area contributed by atoms with E-state index in [0.29, 0.717) is 5.56 Å². The van der Waals surface area contributed by atoms with Crippen LogP contribution in [0.4, 0.5) is 17.1 Å². The van der Waals surface area contributed by atoms with Gasteiger partial charge in [0.15, 0.2) is 4.90 Å². The number of anilines is 1. The molecule has 119 valence electrons. The highest BCUT2D eigenvalue weighted by molar-refractivity contribution is 7.92. The van der Waals surface area contributed by atoms with Gasteiger partial charge in [-0.25, -0.2) is 8.42 Å². The van der Waals surface area contributed by atoms with Crippen LogP contribution < -0.4 is 4.72 Å². The molecule has 2 rings (SSSR count). The number of nitrogens with zero attached hydrogens (tertiary/aromatic N) is 2. The van der Waals surface area contributed by atoms with E-state index in [1.807, 2.05) is 0 Å². The van der Waals surface area contributed by atoms with Crippen LogP contribution >= 0.6 is 0 Å². The maximum absolute atomic E-state index is 12.4. The molecule has 0 unspecified atom stereocenters. The van der Waals surface area contributed by atoms with Gasteiger partial charge in [-0.3, -0.25) is 25.0 Å². The summed E-state index contributed by atoms with van der Waals surface area (Å²) in [4.78, 5) is 19.1. The molecule has 1 radical (unpaired) electrons. The molecule has 0 aliphatic rings. The summed E-state index contributed by atoms with van der Waals surface area (Å²) in [6, 6.07) is 9.01. The first-order valence-corrected chi connectivity index (χ1v) is 7.58. The summed E-state index contributed by atoms with van der Waals surface area (Å²) in [6.45, 7) is 3.63. The quantitative estimate of drug-likeness (QED) is 0.659. The first-order valence-electron chi connectivity index (χ1n) is 6.09. The fourth-order valence-corrected chi connectivity index (χ4v) is 3.17. The Labute approximate surface area is 130 Å². The van der Waals surface area contributed by atoms with Crippen LogP contribution in [-0.4, -0.2) is 18.3 Å². The predicted molar refractivity (Wildman–Crippen MR) is 81.5 cm³/mol. The molecule has 0 spiro atoms. The Morgan fingerprint density at radius 3 is 2.17 bits per heavy atom. The fraction of sp³-hybridized carbons (Fsp3) is 0. The number of benzene rings is 2. The summed E-state index contributed by atoms with van der Waals surface area (Å²) in [5, 5.41) is 22.0. The third-order valence-corrected chi connectivity index (χ3v) is 4.31. The summed E-state index contributed by atoms with van der Waals surface area (Å²) < 4.78 is 26.9. The molecule has 9 nitrogen and oxygen atoms in total. The monoisotopic (exact) mass is 336 g/mol. The lowest BCUT2D eigenvalue weighted by atomic mass is 10.2. The number of sulfonamides is 1. The van der Waals surface area contributed by atoms with Crippen molar-refractivity contribution in [2.45, 2.75) is 4.90 Å². The molecule has 0 heterocycles. The van der Waals surface area contributed by atoms with Gasteiger partial charge >= 0.3 is 11.4 Å². The summed E-state index contributed by atoms with van der Waals surface area (Å²) >= 11 is 0. The summed E-state index contributed by atoms with van der Waals surface area (Å²) in [5.41, 5.74) is -1.52.